The lowest BCUT2D eigenvalue weighted by Gasteiger charge is -2.35. The Labute approximate surface area is 131 Å². The Bertz CT molecular complexity index is 593. The molecule has 0 atom stereocenters. The van der Waals surface area contributed by atoms with E-state index in [4.69, 9.17) is 0 Å². The van der Waals surface area contributed by atoms with Gasteiger partial charge in [0.15, 0.2) is 0 Å². The first kappa shape index (κ1) is 14.7. The van der Waals surface area contributed by atoms with Gasteiger partial charge in [-0.25, -0.2) is 4.98 Å². The van der Waals surface area contributed by atoms with Crippen LogP contribution in [0.1, 0.15) is 5.69 Å². The zero-order valence-electron chi connectivity index (χ0n) is 13.2. The summed E-state index contributed by atoms with van der Waals surface area (Å²) in [5.41, 5.74) is 1.13. The van der Waals surface area contributed by atoms with E-state index < -0.39 is 0 Å². The summed E-state index contributed by atoms with van der Waals surface area (Å²) in [6.07, 6.45) is 3.69. The van der Waals surface area contributed by atoms with E-state index in [0.717, 1.165) is 50.2 Å². The van der Waals surface area contributed by atoms with Crippen LogP contribution in [0.5, 0.6) is 0 Å². The second kappa shape index (κ2) is 6.70. The molecule has 1 fully saturated rings. The third kappa shape index (κ3) is 3.51. The van der Waals surface area contributed by atoms with E-state index >= 15 is 0 Å². The molecule has 3 rings (SSSR count). The fourth-order valence-corrected chi connectivity index (χ4v) is 2.59. The van der Waals surface area contributed by atoms with E-state index in [2.05, 4.69) is 30.8 Å². The highest BCUT2D eigenvalue weighted by Crippen LogP contribution is 2.16. The molecule has 0 N–H and O–H groups in total. The lowest BCUT2D eigenvalue weighted by molar-refractivity contribution is 0.246. The molecule has 0 aliphatic carbocycles. The number of anilines is 2. The summed E-state index contributed by atoms with van der Waals surface area (Å²) in [5, 5.41) is 0. The fraction of sp³-hybridized carbons (Fsp3) is 0.438. The molecule has 1 aliphatic heterocycles. The summed E-state index contributed by atoms with van der Waals surface area (Å²) < 4.78 is 0. The zero-order valence-corrected chi connectivity index (χ0v) is 13.2. The number of hydrogen-bond donors (Lipinski definition) is 0. The van der Waals surface area contributed by atoms with Gasteiger partial charge in [0.2, 0.25) is 5.95 Å². The third-order valence-electron chi connectivity index (χ3n) is 3.84. The second-order valence-electron chi connectivity index (χ2n) is 5.69. The SMILES string of the molecule is CN(C)c1nccc(N2CCN(Cc3ccccn3)CC2)n1. The molecule has 0 unspecified atom stereocenters. The monoisotopic (exact) mass is 298 g/mol. The van der Waals surface area contributed by atoms with Gasteiger partial charge in [-0.15, -0.1) is 0 Å². The van der Waals surface area contributed by atoms with Crippen molar-refractivity contribution >= 4 is 11.8 Å². The van der Waals surface area contributed by atoms with Crippen molar-refractivity contribution in [2.24, 2.45) is 0 Å². The minimum absolute atomic E-state index is 0.758. The van der Waals surface area contributed by atoms with E-state index in [1.807, 2.05) is 49.6 Å². The summed E-state index contributed by atoms with van der Waals surface area (Å²) >= 11 is 0. The summed E-state index contributed by atoms with van der Waals surface area (Å²) in [6, 6.07) is 8.07. The van der Waals surface area contributed by atoms with Crippen LogP contribution >= 0.6 is 0 Å². The molecule has 6 nitrogen and oxygen atoms in total. The van der Waals surface area contributed by atoms with Crippen molar-refractivity contribution < 1.29 is 0 Å². The molecule has 116 valence electrons. The lowest BCUT2D eigenvalue weighted by Crippen LogP contribution is -2.46. The van der Waals surface area contributed by atoms with Crippen LogP contribution < -0.4 is 9.80 Å². The van der Waals surface area contributed by atoms with Crippen LogP contribution in [0.15, 0.2) is 36.7 Å². The summed E-state index contributed by atoms with van der Waals surface area (Å²) in [4.78, 5) is 20.0. The topological polar surface area (TPSA) is 48.4 Å². The first-order valence-corrected chi connectivity index (χ1v) is 7.60. The van der Waals surface area contributed by atoms with Gasteiger partial charge in [-0.2, -0.15) is 4.98 Å². The van der Waals surface area contributed by atoms with Gasteiger partial charge in [0, 0.05) is 59.2 Å². The van der Waals surface area contributed by atoms with Crippen LogP contribution in [0.25, 0.3) is 0 Å². The molecule has 2 aromatic heterocycles. The predicted molar refractivity (Wildman–Crippen MR) is 88.1 cm³/mol. The normalized spacial score (nSPS) is 15.8. The average Bonchev–Trinajstić information content (AvgIpc) is 2.56. The number of rotatable bonds is 4. The van der Waals surface area contributed by atoms with Crippen LogP contribution in [-0.2, 0) is 6.54 Å². The van der Waals surface area contributed by atoms with E-state index in [1.165, 1.54) is 0 Å². The Morgan fingerprint density at radius 1 is 1.00 bits per heavy atom. The maximum atomic E-state index is 4.61. The quantitative estimate of drug-likeness (QED) is 0.847. The van der Waals surface area contributed by atoms with Gasteiger partial charge in [0.05, 0.1) is 5.69 Å². The summed E-state index contributed by atoms with van der Waals surface area (Å²) in [7, 11) is 3.92. The largest absolute Gasteiger partial charge is 0.354 e. The highest BCUT2D eigenvalue weighted by molar-refractivity contribution is 5.43. The smallest absolute Gasteiger partial charge is 0.226 e. The van der Waals surface area contributed by atoms with Crippen molar-refractivity contribution in [1.29, 1.82) is 0 Å². The molecule has 0 radical (unpaired) electrons. The number of nitrogens with zero attached hydrogens (tertiary/aromatic N) is 6. The number of pyridine rings is 1. The molecule has 0 bridgehead atoms. The van der Waals surface area contributed by atoms with E-state index in [1.54, 1.807) is 0 Å². The highest BCUT2D eigenvalue weighted by atomic mass is 15.3. The zero-order chi connectivity index (χ0) is 15.4. The molecule has 0 amide bonds. The lowest BCUT2D eigenvalue weighted by atomic mass is 10.2. The minimum Gasteiger partial charge on any atom is -0.354 e. The third-order valence-corrected chi connectivity index (χ3v) is 3.84. The molecule has 0 spiro atoms. The van der Waals surface area contributed by atoms with Crippen molar-refractivity contribution in [1.82, 2.24) is 19.9 Å². The number of piperazine rings is 1. The van der Waals surface area contributed by atoms with E-state index in [-0.39, 0.29) is 0 Å². The van der Waals surface area contributed by atoms with Gasteiger partial charge in [-0.1, -0.05) is 6.07 Å². The molecule has 1 aliphatic rings. The number of hydrogen-bond acceptors (Lipinski definition) is 6. The van der Waals surface area contributed by atoms with Crippen LogP contribution in [0.3, 0.4) is 0 Å². The molecule has 6 heteroatoms. The molecule has 0 aromatic carbocycles. The maximum Gasteiger partial charge on any atom is 0.226 e. The Morgan fingerprint density at radius 3 is 2.50 bits per heavy atom. The summed E-state index contributed by atoms with van der Waals surface area (Å²) in [6.45, 7) is 4.94. The van der Waals surface area contributed by atoms with E-state index in [9.17, 15) is 0 Å². The van der Waals surface area contributed by atoms with Crippen molar-refractivity contribution in [2.75, 3.05) is 50.1 Å². The van der Waals surface area contributed by atoms with Crippen LogP contribution in [0.4, 0.5) is 11.8 Å². The predicted octanol–water partition coefficient (Wildman–Crippen LogP) is 1.26. The van der Waals surface area contributed by atoms with Gasteiger partial charge in [-0.3, -0.25) is 9.88 Å². The van der Waals surface area contributed by atoms with Crippen molar-refractivity contribution in [3.8, 4) is 0 Å². The Morgan fingerprint density at radius 2 is 1.82 bits per heavy atom. The molecule has 22 heavy (non-hydrogen) atoms. The minimum atomic E-state index is 0.758. The van der Waals surface area contributed by atoms with Crippen LogP contribution in [0.2, 0.25) is 0 Å². The summed E-state index contributed by atoms with van der Waals surface area (Å²) in [5.74, 6) is 1.77. The fourth-order valence-electron chi connectivity index (χ4n) is 2.59. The Balaban J connectivity index is 1.58. The van der Waals surface area contributed by atoms with E-state index in [0.29, 0.717) is 0 Å². The standard InChI is InChI=1S/C16H22N6/c1-20(2)16-18-8-6-15(19-16)22-11-9-21(10-12-22)13-14-5-3-4-7-17-14/h3-8H,9-13H2,1-2H3. The molecular weight excluding hydrogens is 276 g/mol. The first-order chi connectivity index (χ1) is 10.7. The maximum absolute atomic E-state index is 4.61. The second-order valence-corrected chi connectivity index (χ2v) is 5.69. The molecule has 0 saturated carbocycles. The van der Waals surface area contributed by atoms with Gasteiger partial charge in [-0.05, 0) is 18.2 Å². The Kier molecular flexibility index (Phi) is 4.48. The van der Waals surface area contributed by atoms with Gasteiger partial charge >= 0.3 is 0 Å². The molecule has 2 aromatic rings. The molecule has 3 heterocycles. The highest BCUT2D eigenvalue weighted by Gasteiger charge is 2.19. The number of aromatic nitrogens is 3. The molecular formula is C16H22N6. The van der Waals surface area contributed by atoms with Gasteiger partial charge in [0.1, 0.15) is 5.82 Å². The van der Waals surface area contributed by atoms with Gasteiger partial charge < -0.3 is 9.80 Å². The average molecular weight is 298 g/mol. The Hall–Kier alpha value is -2.21. The van der Waals surface area contributed by atoms with Crippen LogP contribution in [0, 0.1) is 0 Å². The van der Waals surface area contributed by atoms with Crippen molar-refractivity contribution in [3.63, 3.8) is 0 Å². The van der Waals surface area contributed by atoms with Crippen molar-refractivity contribution in [3.05, 3.63) is 42.4 Å². The molecule has 1 saturated heterocycles. The van der Waals surface area contributed by atoms with Gasteiger partial charge in [0.25, 0.3) is 0 Å². The first-order valence-electron chi connectivity index (χ1n) is 7.60. The van der Waals surface area contributed by atoms with Crippen LogP contribution in [-0.4, -0.2) is 60.1 Å². The van der Waals surface area contributed by atoms with Crippen molar-refractivity contribution in [2.45, 2.75) is 6.54 Å².